The van der Waals surface area contributed by atoms with E-state index in [2.05, 4.69) is 10.6 Å². The zero-order valence-electron chi connectivity index (χ0n) is 23.2. The Hall–Kier alpha value is -2.67. The molecule has 1 aromatic rings. The summed E-state index contributed by atoms with van der Waals surface area (Å²) >= 11 is 0. The topological polar surface area (TPSA) is 87.7 Å². The lowest BCUT2D eigenvalue weighted by atomic mass is 9.76. The van der Waals surface area contributed by atoms with Crippen LogP contribution in [0, 0.1) is 5.41 Å². The lowest BCUT2D eigenvalue weighted by Crippen LogP contribution is -2.61. The molecule has 0 fully saturated rings. The predicted octanol–water partition coefficient (Wildman–Crippen LogP) is 3.83. The van der Waals surface area contributed by atoms with Crippen molar-refractivity contribution in [1.82, 2.24) is 15.5 Å². The lowest BCUT2D eigenvalue weighted by Gasteiger charge is -2.39. The van der Waals surface area contributed by atoms with Gasteiger partial charge in [0.1, 0.15) is 6.04 Å². The van der Waals surface area contributed by atoms with Crippen LogP contribution in [-0.2, 0) is 24.5 Å². The lowest BCUT2D eigenvalue weighted by molar-refractivity contribution is -0.140. The van der Waals surface area contributed by atoms with E-state index in [1.54, 1.807) is 38.9 Å². The van der Waals surface area contributed by atoms with Gasteiger partial charge in [0.15, 0.2) is 0 Å². The van der Waals surface area contributed by atoms with Crippen LogP contribution in [0.2, 0.25) is 0 Å². The van der Waals surface area contributed by atoms with Crippen molar-refractivity contribution in [2.45, 2.75) is 85.4 Å². The molecule has 1 rings (SSSR count). The summed E-state index contributed by atoms with van der Waals surface area (Å²) < 4.78 is 5.08. The maximum absolute atomic E-state index is 13.7. The second kappa shape index (κ2) is 12.9. The van der Waals surface area contributed by atoms with E-state index in [1.165, 1.54) is 0 Å². The van der Waals surface area contributed by atoms with Gasteiger partial charge in [0.2, 0.25) is 11.8 Å². The molecule has 196 valence electrons. The molecule has 0 aliphatic carbocycles. The first kappa shape index (κ1) is 30.4. The third kappa shape index (κ3) is 7.92. The Labute approximate surface area is 211 Å². The van der Waals surface area contributed by atoms with Gasteiger partial charge in [-0.25, -0.2) is 4.79 Å². The summed E-state index contributed by atoms with van der Waals surface area (Å²) in [6, 6.07) is 8.23. The predicted molar refractivity (Wildman–Crippen MR) is 141 cm³/mol. The summed E-state index contributed by atoms with van der Waals surface area (Å²) in [4.78, 5) is 40.9. The van der Waals surface area contributed by atoms with Crippen LogP contribution in [0.4, 0.5) is 0 Å². The molecule has 2 N–H and O–H groups in total. The van der Waals surface area contributed by atoms with Gasteiger partial charge < -0.3 is 20.3 Å². The van der Waals surface area contributed by atoms with Crippen molar-refractivity contribution >= 4 is 17.8 Å². The fraction of sp³-hybridized carbons (Fsp3) is 0.607. The Balaban J connectivity index is 3.21. The molecule has 0 saturated carbocycles. The second-order valence-corrected chi connectivity index (χ2v) is 10.6. The number of ether oxygens (including phenoxy) is 1. The summed E-state index contributed by atoms with van der Waals surface area (Å²) in [5.41, 5.74) is 0.433. The molecular weight excluding hydrogens is 442 g/mol. The van der Waals surface area contributed by atoms with E-state index in [0.29, 0.717) is 18.6 Å². The molecular formula is C28H45N3O4. The zero-order valence-corrected chi connectivity index (χ0v) is 23.2. The highest BCUT2D eigenvalue weighted by Gasteiger charge is 2.41. The molecule has 0 aliphatic heterocycles. The fourth-order valence-electron chi connectivity index (χ4n) is 4.20. The molecule has 0 aromatic heterocycles. The molecule has 2 unspecified atom stereocenters. The fourth-order valence-corrected chi connectivity index (χ4v) is 4.20. The summed E-state index contributed by atoms with van der Waals surface area (Å²) in [6.07, 6.45) is 2.37. The quantitative estimate of drug-likeness (QED) is 0.366. The van der Waals surface area contributed by atoms with Gasteiger partial charge in [-0.1, -0.05) is 78.0 Å². The molecule has 0 radical (unpaired) electrons. The SMILES string of the molecule is CCOC(=O)/C(C)=C/[C@H](CC)N(C)C(=O)C(NC(=O)C(NC)C(C)(C)c1ccccc1)C(C)(C)C. The Kier molecular flexibility index (Phi) is 11.2. The smallest absolute Gasteiger partial charge is 0.333 e. The van der Waals surface area contributed by atoms with Crippen LogP contribution in [0.1, 0.15) is 67.4 Å². The average Bonchev–Trinajstić information content (AvgIpc) is 2.80. The molecule has 0 spiro atoms. The molecule has 1 aromatic carbocycles. The van der Waals surface area contributed by atoms with Gasteiger partial charge in [-0.2, -0.15) is 0 Å². The molecule has 35 heavy (non-hydrogen) atoms. The highest BCUT2D eigenvalue weighted by Crippen LogP contribution is 2.28. The van der Waals surface area contributed by atoms with Crippen LogP contribution < -0.4 is 10.6 Å². The molecule has 0 aliphatic rings. The molecule has 0 heterocycles. The van der Waals surface area contributed by atoms with Gasteiger partial charge in [0.05, 0.1) is 18.7 Å². The number of esters is 1. The van der Waals surface area contributed by atoms with E-state index < -0.39 is 28.9 Å². The van der Waals surface area contributed by atoms with Crippen LogP contribution in [0.3, 0.4) is 0 Å². The number of amides is 2. The number of carbonyl (C=O) groups excluding carboxylic acids is 3. The number of carbonyl (C=O) groups is 3. The van der Waals surface area contributed by atoms with Crippen LogP contribution >= 0.6 is 0 Å². The van der Waals surface area contributed by atoms with Crippen LogP contribution in [0.15, 0.2) is 42.0 Å². The Morgan fingerprint density at radius 1 is 1.03 bits per heavy atom. The molecule has 7 nitrogen and oxygen atoms in total. The number of hydrogen-bond donors (Lipinski definition) is 2. The van der Waals surface area contributed by atoms with Gasteiger partial charge >= 0.3 is 5.97 Å². The van der Waals surface area contributed by atoms with Gasteiger partial charge in [-0.15, -0.1) is 0 Å². The Morgan fingerprint density at radius 3 is 2.06 bits per heavy atom. The Bertz CT molecular complexity index is 887. The minimum absolute atomic E-state index is 0.210. The minimum Gasteiger partial charge on any atom is -0.463 e. The van der Waals surface area contributed by atoms with Crippen molar-refractivity contribution in [2.75, 3.05) is 20.7 Å². The van der Waals surface area contributed by atoms with E-state index in [1.807, 2.05) is 71.9 Å². The summed E-state index contributed by atoms with van der Waals surface area (Å²) in [5.74, 6) is -0.847. The van der Waals surface area contributed by atoms with Crippen LogP contribution in [-0.4, -0.2) is 61.5 Å². The van der Waals surface area contributed by atoms with Crippen molar-refractivity contribution in [1.29, 1.82) is 0 Å². The largest absolute Gasteiger partial charge is 0.463 e. The first-order valence-electron chi connectivity index (χ1n) is 12.4. The number of nitrogens with one attached hydrogen (secondary N) is 2. The van der Waals surface area contributed by atoms with E-state index in [9.17, 15) is 14.4 Å². The average molecular weight is 488 g/mol. The van der Waals surface area contributed by atoms with Gasteiger partial charge in [-0.3, -0.25) is 9.59 Å². The number of likely N-dealkylation sites (N-methyl/N-ethyl adjacent to an activating group) is 2. The number of nitrogens with zero attached hydrogens (tertiary/aromatic N) is 1. The van der Waals surface area contributed by atoms with Crippen molar-refractivity contribution < 1.29 is 19.1 Å². The normalized spacial score (nSPS) is 15.1. The first-order chi connectivity index (χ1) is 16.2. The second-order valence-electron chi connectivity index (χ2n) is 10.6. The highest BCUT2D eigenvalue weighted by molar-refractivity contribution is 5.92. The maximum Gasteiger partial charge on any atom is 0.333 e. The summed E-state index contributed by atoms with van der Waals surface area (Å²) in [6.45, 7) is 15.5. The van der Waals surface area contributed by atoms with Crippen molar-refractivity contribution in [2.24, 2.45) is 5.41 Å². The van der Waals surface area contributed by atoms with Gasteiger partial charge in [0, 0.05) is 18.0 Å². The molecule has 3 atom stereocenters. The number of hydrogen-bond acceptors (Lipinski definition) is 5. The Morgan fingerprint density at radius 2 is 1.60 bits per heavy atom. The van der Waals surface area contributed by atoms with Gasteiger partial charge in [-0.05, 0) is 38.3 Å². The summed E-state index contributed by atoms with van der Waals surface area (Å²) in [7, 11) is 3.46. The standard InChI is InChI=1S/C28H45N3O4/c1-11-21(18-19(3)26(34)35-12-2)31(10)25(33)23(27(4,5)6)30-24(32)22(29-9)28(7,8)20-16-14-13-15-17-20/h13-18,21-23,29H,11-12H2,1-10H3,(H,30,32)/b19-18+/t21-,22?,23?/m0/s1. The van der Waals surface area contributed by atoms with Crippen molar-refractivity contribution in [3.8, 4) is 0 Å². The monoisotopic (exact) mass is 487 g/mol. The molecule has 7 heteroatoms. The van der Waals surface area contributed by atoms with E-state index in [4.69, 9.17) is 4.74 Å². The maximum atomic E-state index is 13.7. The third-order valence-corrected chi connectivity index (χ3v) is 6.49. The molecule has 0 bridgehead atoms. The summed E-state index contributed by atoms with van der Waals surface area (Å²) in [5, 5.41) is 6.19. The highest BCUT2D eigenvalue weighted by atomic mass is 16.5. The third-order valence-electron chi connectivity index (χ3n) is 6.49. The molecule has 0 saturated heterocycles. The van der Waals surface area contributed by atoms with Gasteiger partial charge in [0.25, 0.3) is 0 Å². The molecule has 2 amide bonds. The minimum atomic E-state index is -0.757. The van der Waals surface area contributed by atoms with Crippen molar-refractivity contribution in [3.63, 3.8) is 0 Å². The van der Waals surface area contributed by atoms with E-state index in [-0.39, 0.29) is 17.9 Å². The van der Waals surface area contributed by atoms with Crippen molar-refractivity contribution in [3.05, 3.63) is 47.5 Å². The van der Waals surface area contributed by atoms with Crippen LogP contribution in [0.25, 0.3) is 0 Å². The van der Waals surface area contributed by atoms with E-state index in [0.717, 1.165) is 5.56 Å². The number of benzene rings is 1. The zero-order chi connectivity index (χ0) is 27.0. The van der Waals surface area contributed by atoms with Crippen LogP contribution in [0.5, 0.6) is 0 Å². The first-order valence-corrected chi connectivity index (χ1v) is 12.4. The van der Waals surface area contributed by atoms with E-state index >= 15 is 0 Å². The number of rotatable bonds is 11.